The molecule has 7 heteroatoms. The summed E-state index contributed by atoms with van der Waals surface area (Å²) in [5, 5.41) is 10.6. The largest absolute Gasteiger partial charge is 0.457 e. The van der Waals surface area contributed by atoms with Gasteiger partial charge in [-0.05, 0) is 17.7 Å². The van der Waals surface area contributed by atoms with Gasteiger partial charge in [-0.2, -0.15) is 0 Å². The van der Waals surface area contributed by atoms with Crippen LogP contribution in [0, 0.1) is 0 Å². The highest BCUT2D eigenvalue weighted by molar-refractivity contribution is 5.94. The number of aliphatic hydroxyl groups is 1. The summed E-state index contributed by atoms with van der Waals surface area (Å²) in [6.07, 6.45) is 1.95. The Hall–Kier alpha value is -3.32. The number of aliphatic imine (C=N–C) groups is 1. The fraction of sp³-hybridized carbons (Fsp3) is 0.238. The average Bonchev–Trinajstić information content (AvgIpc) is 3.35. The molecule has 28 heavy (non-hydrogen) atoms. The number of nitrogens with zero attached hydrogens (tertiary/aromatic N) is 3. The van der Waals surface area contributed by atoms with E-state index >= 15 is 0 Å². The highest BCUT2D eigenvalue weighted by Gasteiger charge is 2.39. The Labute approximate surface area is 162 Å². The fourth-order valence-electron chi connectivity index (χ4n) is 3.73. The smallest absolute Gasteiger partial charge is 0.414 e. The zero-order chi connectivity index (χ0) is 19.1. The molecule has 142 valence electrons. The Kier molecular flexibility index (Phi) is 4.02. The topological polar surface area (TPSA) is 74.6 Å². The normalized spacial score (nSPS) is 21.0. The number of rotatable bonds is 4. The van der Waals surface area contributed by atoms with Crippen molar-refractivity contribution in [2.24, 2.45) is 4.99 Å². The monoisotopic (exact) mass is 377 g/mol. The van der Waals surface area contributed by atoms with Crippen molar-refractivity contribution < 1.29 is 19.4 Å². The van der Waals surface area contributed by atoms with Crippen LogP contribution in [-0.4, -0.2) is 42.7 Å². The Bertz CT molecular complexity index is 973. The van der Waals surface area contributed by atoms with E-state index in [1.165, 1.54) is 4.90 Å². The van der Waals surface area contributed by atoms with Gasteiger partial charge in [-0.1, -0.05) is 36.4 Å². The number of anilines is 2. The highest BCUT2D eigenvalue weighted by atomic mass is 16.6. The molecule has 1 saturated heterocycles. The van der Waals surface area contributed by atoms with Crippen molar-refractivity contribution in [2.75, 3.05) is 22.9 Å². The van der Waals surface area contributed by atoms with E-state index in [2.05, 4.69) is 4.99 Å². The van der Waals surface area contributed by atoms with E-state index in [9.17, 15) is 9.90 Å². The summed E-state index contributed by atoms with van der Waals surface area (Å²) >= 11 is 0. The average molecular weight is 377 g/mol. The molecule has 7 nitrogen and oxygen atoms in total. The number of hydrogen-bond acceptors (Lipinski definition) is 6. The van der Waals surface area contributed by atoms with E-state index < -0.39 is 18.3 Å². The summed E-state index contributed by atoms with van der Waals surface area (Å²) in [5.41, 5.74) is 2.48. The summed E-state index contributed by atoms with van der Waals surface area (Å²) in [5.74, 6) is 1.33. The van der Waals surface area contributed by atoms with Crippen LogP contribution in [0.3, 0.4) is 0 Å². The number of carbonyl (C=O) groups is 1. The number of aliphatic hydroxyl groups excluding tert-OH is 1. The number of fused-ring (bicyclic) bond motifs is 3. The van der Waals surface area contributed by atoms with Crippen LogP contribution < -0.4 is 14.5 Å². The molecule has 0 bridgehead atoms. The minimum atomic E-state index is -0.782. The SMILES string of the molecule is O=C1O[C@@H](C(O)Cc2ccccc2)CN1c1cccc2c1OC=C1N=CCN12. The molecule has 2 atom stereocenters. The number of benzene rings is 2. The Morgan fingerprint density at radius 3 is 2.71 bits per heavy atom. The number of carbonyl (C=O) groups excluding carboxylic acids is 1. The lowest BCUT2D eigenvalue weighted by atomic mass is 10.0. The van der Waals surface area contributed by atoms with Crippen molar-refractivity contribution in [3.8, 4) is 5.75 Å². The van der Waals surface area contributed by atoms with E-state index in [1.807, 2.05) is 59.6 Å². The minimum Gasteiger partial charge on any atom is -0.457 e. The van der Waals surface area contributed by atoms with Crippen LogP contribution in [0.5, 0.6) is 5.75 Å². The molecule has 1 N–H and O–H groups in total. The van der Waals surface area contributed by atoms with Crippen LogP contribution in [0.25, 0.3) is 0 Å². The zero-order valence-electron chi connectivity index (χ0n) is 15.1. The third-order valence-corrected chi connectivity index (χ3v) is 5.15. The molecule has 0 radical (unpaired) electrons. The summed E-state index contributed by atoms with van der Waals surface area (Å²) < 4.78 is 11.3. The summed E-state index contributed by atoms with van der Waals surface area (Å²) in [6.45, 7) is 0.925. The van der Waals surface area contributed by atoms with E-state index in [0.717, 1.165) is 17.1 Å². The second kappa shape index (κ2) is 6.69. The molecule has 5 rings (SSSR count). The lowest BCUT2D eigenvalue weighted by Crippen LogP contribution is -2.33. The molecule has 1 fully saturated rings. The molecule has 1 amide bonds. The maximum absolute atomic E-state index is 12.5. The van der Waals surface area contributed by atoms with E-state index in [1.54, 1.807) is 6.26 Å². The Morgan fingerprint density at radius 2 is 1.89 bits per heavy atom. The van der Waals surface area contributed by atoms with Gasteiger partial charge in [-0.25, -0.2) is 9.79 Å². The molecule has 0 saturated carbocycles. The third-order valence-electron chi connectivity index (χ3n) is 5.15. The molecule has 1 unspecified atom stereocenters. The van der Waals surface area contributed by atoms with Gasteiger partial charge in [0.15, 0.2) is 11.6 Å². The zero-order valence-corrected chi connectivity index (χ0v) is 15.1. The van der Waals surface area contributed by atoms with Gasteiger partial charge in [0.1, 0.15) is 12.4 Å². The molecular weight excluding hydrogens is 358 g/mol. The van der Waals surface area contributed by atoms with Crippen LogP contribution in [-0.2, 0) is 11.2 Å². The second-order valence-electron chi connectivity index (χ2n) is 6.93. The van der Waals surface area contributed by atoms with E-state index in [0.29, 0.717) is 24.4 Å². The highest BCUT2D eigenvalue weighted by Crippen LogP contribution is 2.44. The Balaban J connectivity index is 1.37. The van der Waals surface area contributed by atoms with Crippen molar-refractivity contribution in [3.63, 3.8) is 0 Å². The molecule has 0 aliphatic carbocycles. The minimum absolute atomic E-state index is 0.264. The molecule has 3 aliphatic rings. The molecular formula is C21H19N3O4. The molecule has 3 heterocycles. The van der Waals surface area contributed by atoms with Gasteiger partial charge in [0.25, 0.3) is 0 Å². The standard InChI is InChI=1S/C21H19N3O4/c25-17(11-14-5-2-1-3-6-14)18-12-24(21(26)28-18)16-8-4-7-15-20(16)27-13-19-22-9-10-23(15)19/h1-9,13,17-18,25H,10-12H2/t17?,18-/m1/s1. The first-order chi connectivity index (χ1) is 13.7. The lowest BCUT2D eigenvalue weighted by molar-refractivity contribution is 0.0331. The van der Waals surface area contributed by atoms with E-state index in [4.69, 9.17) is 9.47 Å². The van der Waals surface area contributed by atoms with Crippen LogP contribution in [0.4, 0.5) is 16.2 Å². The van der Waals surface area contributed by atoms with Crippen molar-refractivity contribution in [1.29, 1.82) is 0 Å². The van der Waals surface area contributed by atoms with Crippen molar-refractivity contribution >= 4 is 23.7 Å². The number of cyclic esters (lactones) is 1. The predicted octanol–water partition coefficient (Wildman–Crippen LogP) is 2.70. The number of amides is 1. The predicted molar refractivity (Wildman–Crippen MR) is 105 cm³/mol. The summed E-state index contributed by atoms with van der Waals surface area (Å²) in [6, 6.07) is 15.3. The van der Waals surface area contributed by atoms with Crippen LogP contribution in [0.2, 0.25) is 0 Å². The van der Waals surface area contributed by atoms with Gasteiger partial charge in [-0.15, -0.1) is 0 Å². The molecule has 2 aromatic rings. The number of para-hydroxylation sites is 1. The fourth-order valence-corrected chi connectivity index (χ4v) is 3.73. The molecule has 3 aliphatic heterocycles. The number of ether oxygens (including phenoxy) is 2. The van der Waals surface area contributed by atoms with Gasteiger partial charge in [0.05, 0.1) is 30.6 Å². The van der Waals surface area contributed by atoms with Crippen molar-refractivity contribution in [3.05, 3.63) is 66.2 Å². The van der Waals surface area contributed by atoms with Gasteiger partial charge >= 0.3 is 6.09 Å². The van der Waals surface area contributed by atoms with Crippen molar-refractivity contribution in [2.45, 2.75) is 18.6 Å². The van der Waals surface area contributed by atoms with Crippen LogP contribution >= 0.6 is 0 Å². The van der Waals surface area contributed by atoms with Gasteiger partial charge in [-0.3, -0.25) is 4.90 Å². The summed E-state index contributed by atoms with van der Waals surface area (Å²) in [7, 11) is 0. The van der Waals surface area contributed by atoms with Gasteiger partial charge in [0.2, 0.25) is 0 Å². The summed E-state index contributed by atoms with van der Waals surface area (Å²) in [4.78, 5) is 20.4. The maximum atomic E-state index is 12.5. The van der Waals surface area contributed by atoms with Crippen LogP contribution in [0.15, 0.2) is 65.6 Å². The van der Waals surface area contributed by atoms with Gasteiger partial charge < -0.3 is 19.5 Å². The number of hydrogen-bond donors (Lipinski definition) is 1. The first-order valence-corrected chi connectivity index (χ1v) is 9.21. The first-order valence-electron chi connectivity index (χ1n) is 9.21. The molecule has 0 spiro atoms. The maximum Gasteiger partial charge on any atom is 0.414 e. The lowest BCUT2D eigenvalue weighted by Gasteiger charge is -2.28. The second-order valence-corrected chi connectivity index (χ2v) is 6.93. The quantitative estimate of drug-likeness (QED) is 0.887. The van der Waals surface area contributed by atoms with Crippen molar-refractivity contribution in [1.82, 2.24) is 0 Å². The third kappa shape index (κ3) is 2.80. The van der Waals surface area contributed by atoms with E-state index in [-0.39, 0.29) is 6.54 Å². The first kappa shape index (κ1) is 16.8. The molecule has 0 aromatic heterocycles. The Morgan fingerprint density at radius 1 is 1.11 bits per heavy atom. The van der Waals surface area contributed by atoms with Crippen LogP contribution in [0.1, 0.15) is 5.56 Å². The molecule has 2 aromatic carbocycles. The van der Waals surface area contributed by atoms with Gasteiger partial charge in [0, 0.05) is 12.6 Å².